The van der Waals surface area contributed by atoms with Crippen molar-refractivity contribution >= 4 is 38.5 Å². The molecule has 0 saturated heterocycles. The van der Waals surface area contributed by atoms with Gasteiger partial charge >= 0.3 is 0 Å². The van der Waals surface area contributed by atoms with E-state index < -0.39 is 5.91 Å². The Morgan fingerprint density at radius 3 is 2.90 bits per heavy atom. The Balaban J connectivity index is 2.11. The summed E-state index contributed by atoms with van der Waals surface area (Å²) in [7, 11) is 3.35. The Morgan fingerprint density at radius 1 is 1.48 bits per heavy atom. The Labute approximate surface area is 125 Å². The molecule has 0 radical (unpaired) electrons. The molecule has 0 unspecified atom stereocenters. The molecule has 2 rings (SSSR count). The fourth-order valence-electron chi connectivity index (χ4n) is 1.76. The monoisotopic (exact) mass is 308 g/mol. The van der Waals surface area contributed by atoms with Crippen molar-refractivity contribution in [3.8, 4) is 5.75 Å². The minimum atomic E-state index is -0.573. The molecule has 3 N–H and O–H groups in total. The third kappa shape index (κ3) is 3.60. The Morgan fingerprint density at radius 2 is 2.24 bits per heavy atom. The van der Waals surface area contributed by atoms with Crippen molar-refractivity contribution in [3.63, 3.8) is 0 Å². The number of para-hydroxylation sites is 1. The van der Waals surface area contributed by atoms with Crippen LogP contribution in [0.25, 0.3) is 10.2 Å². The number of rotatable bonds is 6. The molecule has 21 heavy (non-hydrogen) atoms. The molecule has 112 valence electrons. The number of nitrogens with two attached hydrogens (primary N) is 1. The quantitative estimate of drug-likeness (QED) is 0.802. The summed E-state index contributed by atoms with van der Waals surface area (Å²) in [4.78, 5) is 28.5. The van der Waals surface area contributed by atoms with E-state index in [2.05, 4.69) is 10.3 Å². The van der Waals surface area contributed by atoms with Crippen LogP contribution in [0.4, 0.5) is 5.13 Å². The number of nitrogens with one attached hydrogen (secondary N) is 1. The van der Waals surface area contributed by atoms with Gasteiger partial charge in [0.25, 0.3) is 0 Å². The van der Waals surface area contributed by atoms with E-state index in [1.807, 2.05) is 18.2 Å². The maximum Gasteiger partial charge on any atom is 0.240 e. The number of benzene rings is 1. The molecule has 0 fully saturated rings. The smallest absolute Gasteiger partial charge is 0.240 e. The fourth-order valence-corrected chi connectivity index (χ4v) is 2.71. The molecular formula is C13H16N4O3S. The van der Waals surface area contributed by atoms with Crippen molar-refractivity contribution in [2.75, 3.05) is 32.1 Å². The van der Waals surface area contributed by atoms with Crippen LogP contribution in [0, 0.1) is 0 Å². The average Bonchev–Trinajstić information content (AvgIpc) is 2.89. The number of primary amides is 1. The first-order valence-electron chi connectivity index (χ1n) is 6.21. The topological polar surface area (TPSA) is 97.5 Å². The molecule has 2 aromatic rings. The van der Waals surface area contributed by atoms with E-state index in [0.717, 1.165) is 10.2 Å². The summed E-state index contributed by atoms with van der Waals surface area (Å²) in [5.74, 6) is -0.167. The average molecular weight is 308 g/mol. The van der Waals surface area contributed by atoms with Gasteiger partial charge in [0.2, 0.25) is 11.8 Å². The number of amides is 2. The fraction of sp³-hybridized carbons (Fsp3) is 0.308. The molecule has 0 spiro atoms. The second kappa shape index (κ2) is 6.40. The maximum atomic E-state index is 11.7. The number of carbonyl (C=O) groups excluding carboxylic acids is 2. The lowest BCUT2D eigenvalue weighted by molar-refractivity contribution is -0.123. The first kappa shape index (κ1) is 15.0. The third-order valence-electron chi connectivity index (χ3n) is 2.76. The highest BCUT2D eigenvalue weighted by Gasteiger charge is 2.14. The highest BCUT2D eigenvalue weighted by molar-refractivity contribution is 7.22. The number of fused-ring (bicyclic) bond motifs is 1. The third-order valence-corrected chi connectivity index (χ3v) is 3.89. The molecule has 7 nitrogen and oxygen atoms in total. The number of aromatic nitrogens is 1. The van der Waals surface area contributed by atoms with Crippen LogP contribution in [0.3, 0.4) is 0 Å². The normalized spacial score (nSPS) is 10.4. The van der Waals surface area contributed by atoms with Crippen LogP contribution in [-0.4, -0.2) is 44.0 Å². The Kier molecular flexibility index (Phi) is 4.59. The highest BCUT2D eigenvalue weighted by Crippen LogP contribution is 2.33. The molecule has 8 heteroatoms. The van der Waals surface area contributed by atoms with Crippen molar-refractivity contribution in [1.82, 2.24) is 10.3 Å². The molecule has 1 aromatic carbocycles. The summed E-state index contributed by atoms with van der Waals surface area (Å²) in [6.45, 7) is -0.0737. The van der Waals surface area contributed by atoms with Gasteiger partial charge < -0.3 is 20.7 Å². The van der Waals surface area contributed by atoms with E-state index in [-0.39, 0.29) is 19.0 Å². The summed E-state index contributed by atoms with van der Waals surface area (Å²) in [5.41, 5.74) is 5.74. The summed E-state index contributed by atoms with van der Waals surface area (Å²) in [5, 5.41) is 3.13. The van der Waals surface area contributed by atoms with Gasteiger partial charge in [-0.2, -0.15) is 0 Å². The summed E-state index contributed by atoms with van der Waals surface area (Å²) in [6.07, 6.45) is 0. The van der Waals surface area contributed by atoms with E-state index in [1.54, 1.807) is 19.1 Å². The van der Waals surface area contributed by atoms with Crippen molar-refractivity contribution < 1.29 is 14.3 Å². The van der Waals surface area contributed by atoms with E-state index in [9.17, 15) is 9.59 Å². The number of methoxy groups -OCH3 is 1. The number of likely N-dealkylation sites (N-methyl/N-ethyl adjacent to an activating group) is 1. The van der Waals surface area contributed by atoms with Crippen LogP contribution in [-0.2, 0) is 9.59 Å². The van der Waals surface area contributed by atoms with Gasteiger partial charge in [0.05, 0.1) is 24.9 Å². The lowest BCUT2D eigenvalue weighted by Crippen LogP contribution is -2.39. The summed E-state index contributed by atoms with van der Waals surface area (Å²) in [6, 6.07) is 5.67. The van der Waals surface area contributed by atoms with Gasteiger partial charge in [0, 0.05) is 7.05 Å². The number of hydrogen-bond acceptors (Lipinski definition) is 6. The van der Waals surface area contributed by atoms with E-state index in [1.165, 1.54) is 11.3 Å². The maximum absolute atomic E-state index is 11.7. The molecular weight excluding hydrogens is 292 g/mol. The predicted octanol–water partition coefficient (Wildman–Crippen LogP) is 0.343. The van der Waals surface area contributed by atoms with Gasteiger partial charge in [-0.1, -0.05) is 17.4 Å². The second-order valence-electron chi connectivity index (χ2n) is 4.40. The molecule has 0 aliphatic heterocycles. The van der Waals surface area contributed by atoms with Gasteiger partial charge in [0.1, 0.15) is 11.3 Å². The standard InChI is InChI=1S/C13H16N4O3S/c1-17(7-11(19)15-6-10(14)18)13-16-12-8(20-2)4-3-5-9(12)21-13/h3-5H,6-7H2,1-2H3,(H2,14,18)(H,15,19). The highest BCUT2D eigenvalue weighted by atomic mass is 32.1. The molecule has 0 bridgehead atoms. The van der Waals surface area contributed by atoms with Crippen LogP contribution in [0.5, 0.6) is 5.75 Å². The number of ether oxygens (including phenoxy) is 1. The van der Waals surface area contributed by atoms with Crippen LogP contribution in [0.15, 0.2) is 18.2 Å². The number of nitrogens with zero attached hydrogens (tertiary/aromatic N) is 2. The van der Waals surface area contributed by atoms with Crippen LogP contribution < -0.4 is 20.7 Å². The molecule has 1 aromatic heterocycles. The zero-order chi connectivity index (χ0) is 15.4. The Hall–Kier alpha value is -2.35. The van der Waals surface area contributed by atoms with E-state index in [4.69, 9.17) is 10.5 Å². The first-order chi connectivity index (χ1) is 10.0. The summed E-state index contributed by atoms with van der Waals surface area (Å²) < 4.78 is 6.24. The molecule has 0 atom stereocenters. The van der Waals surface area contributed by atoms with Crippen molar-refractivity contribution in [1.29, 1.82) is 0 Å². The predicted molar refractivity (Wildman–Crippen MR) is 81.6 cm³/mol. The lowest BCUT2D eigenvalue weighted by atomic mass is 10.3. The van der Waals surface area contributed by atoms with Crippen molar-refractivity contribution in [2.45, 2.75) is 0 Å². The van der Waals surface area contributed by atoms with Gasteiger partial charge in [-0.3, -0.25) is 9.59 Å². The van der Waals surface area contributed by atoms with Crippen LogP contribution >= 0.6 is 11.3 Å². The number of anilines is 1. The second-order valence-corrected chi connectivity index (χ2v) is 5.41. The lowest BCUT2D eigenvalue weighted by Gasteiger charge is -2.14. The molecule has 0 aliphatic carbocycles. The molecule has 2 amide bonds. The van der Waals surface area contributed by atoms with Crippen molar-refractivity contribution in [2.24, 2.45) is 5.73 Å². The molecule has 1 heterocycles. The number of hydrogen-bond donors (Lipinski definition) is 2. The van der Waals surface area contributed by atoms with Gasteiger partial charge in [-0.25, -0.2) is 4.98 Å². The number of carbonyl (C=O) groups is 2. The van der Waals surface area contributed by atoms with Crippen molar-refractivity contribution in [3.05, 3.63) is 18.2 Å². The van der Waals surface area contributed by atoms with E-state index >= 15 is 0 Å². The molecule has 0 saturated carbocycles. The molecule has 0 aliphatic rings. The zero-order valence-corrected chi connectivity index (χ0v) is 12.6. The zero-order valence-electron chi connectivity index (χ0n) is 11.8. The minimum absolute atomic E-state index is 0.0927. The van der Waals surface area contributed by atoms with Gasteiger partial charge in [-0.15, -0.1) is 0 Å². The number of thiazole rings is 1. The first-order valence-corrected chi connectivity index (χ1v) is 7.02. The largest absolute Gasteiger partial charge is 0.494 e. The van der Waals surface area contributed by atoms with E-state index in [0.29, 0.717) is 10.9 Å². The van der Waals surface area contributed by atoms with Crippen LogP contribution in [0.1, 0.15) is 0 Å². The van der Waals surface area contributed by atoms with Gasteiger partial charge in [0.15, 0.2) is 5.13 Å². The van der Waals surface area contributed by atoms with Crippen LogP contribution in [0.2, 0.25) is 0 Å². The Bertz CT molecular complexity index is 670. The minimum Gasteiger partial charge on any atom is -0.494 e. The van der Waals surface area contributed by atoms with Gasteiger partial charge in [-0.05, 0) is 12.1 Å². The summed E-state index contributed by atoms with van der Waals surface area (Å²) >= 11 is 1.46. The SMILES string of the molecule is COc1cccc2sc(N(C)CC(=O)NCC(N)=O)nc12.